The van der Waals surface area contributed by atoms with E-state index in [9.17, 15) is 8.42 Å². The lowest BCUT2D eigenvalue weighted by Gasteiger charge is -2.05. The van der Waals surface area contributed by atoms with Crippen LogP contribution >= 0.6 is 0 Å². The van der Waals surface area contributed by atoms with E-state index in [-0.39, 0.29) is 12.4 Å². The van der Waals surface area contributed by atoms with Gasteiger partial charge in [0.25, 0.3) is 10.1 Å². The van der Waals surface area contributed by atoms with Gasteiger partial charge in [-0.2, -0.15) is 8.42 Å². The summed E-state index contributed by atoms with van der Waals surface area (Å²) in [6, 6.07) is 9.08. The molecule has 0 fully saturated rings. The first-order valence-electron chi connectivity index (χ1n) is 7.95. The monoisotopic (exact) mass is 374 g/mol. The number of oxazole rings is 1. The summed E-state index contributed by atoms with van der Waals surface area (Å²) < 4.78 is 38.1. The second-order valence-electron chi connectivity index (χ2n) is 5.43. The van der Waals surface area contributed by atoms with Crippen molar-refractivity contribution in [3.8, 4) is 5.75 Å². The molecule has 136 valence electrons. The molecule has 0 aliphatic carbocycles. The molecular formula is C18H18N2O5S. The quantitative estimate of drug-likeness (QED) is 0.442. The fraction of sp³-hybridized carbons (Fsp3) is 0.222. The van der Waals surface area contributed by atoms with E-state index in [0.717, 1.165) is 12.7 Å². The molecule has 0 saturated carbocycles. The first-order valence-corrected chi connectivity index (χ1v) is 9.53. The third-order valence-electron chi connectivity index (χ3n) is 3.54. The van der Waals surface area contributed by atoms with E-state index in [1.807, 2.05) is 18.2 Å². The smallest absolute Gasteiger partial charge is 0.267 e. The molecule has 26 heavy (non-hydrogen) atoms. The number of pyridine rings is 1. The summed E-state index contributed by atoms with van der Waals surface area (Å²) in [6.07, 6.45) is 7.43. The molecule has 0 aliphatic heterocycles. The maximum Gasteiger partial charge on any atom is 0.267 e. The van der Waals surface area contributed by atoms with Crippen molar-refractivity contribution in [1.82, 2.24) is 9.97 Å². The second kappa shape index (κ2) is 8.11. The molecule has 0 saturated heterocycles. The minimum absolute atomic E-state index is 0.0860. The summed E-state index contributed by atoms with van der Waals surface area (Å²) in [6.45, 7) is 0.260. The van der Waals surface area contributed by atoms with Gasteiger partial charge in [0.2, 0.25) is 5.89 Å². The maximum atomic E-state index is 11.2. The molecule has 2 heterocycles. The average Bonchev–Trinajstić information content (AvgIpc) is 3.07. The molecule has 1 aromatic carbocycles. The van der Waals surface area contributed by atoms with Crippen molar-refractivity contribution in [2.45, 2.75) is 6.42 Å². The Kier molecular flexibility index (Phi) is 5.65. The minimum atomic E-state index is -3.46. The molecule has 0 amide bonds. The number of hydrogen-bond donors (Lipinski definition) is 0. The van der Waals surface area contributed by atoms with Gasteiger partial charge < -0.3 is 9.15 Å². The Morgan fingerprint density at radius 2 is 2.12 bits per heavy atom. The molecule has 3 aromatic rings. The molecule has 0 spiro atoms. The Labute approximate surface area is 151 Å². The standard InChI is InChI=1S/C18H18N2O5S/c1-23-26(21,22)11-3-10-24-15-6-7-16-17(12-15)25-18(20-16)8-5-14-4-2-9-19-13-14/h2,4-9,12-13H,3,10-11H2,1H3/b8-5+. The van der Waals surface area contributed by atoms with Gasteiger partial charge in [0, 0.05) is 24.5 Å². The van der Waals surface area contributed by atoms with Crippen LogP contribution in [0, 0.1) is 0 Å². The van der Waals surface area contributed by atoms with Crippen LogP contribution in [0.4, 0.5) is 0 Å². The molecule has 0 unspecified atom stereocenters. The molecule has 7 nitrogen and oxygen atoms in total. The van der Waals surface area contributed by atoms with Gasteiger partial charge in [0.05, 0.1) is 19.5 Å². The predicted octanol–water partition coefficient (Wildman–Crippen LogP) is 3.14. The Morgan fingerprint density at radius 3 is 2.88 bits per heavy atom. The maximum absolute atomic E-state index is 11.2. The van der Waals surface area contributed by atoms with Crippen LogP contribution in [0.15, 0.2) is 47.1 Å². The largest absolute Gasteiger partial charge is 0.493 e. The van der Waals surface area contributed by atoms with Gasteiger partial charge in [0.1, 0.15) is 11.3 Å². The summed E-state index contributed by atoms with van der Waals surface area (Å²) in [5.74, 6) is 0.982. The highest BCUT2D eigenvalue weighted by Crippen LogP contribution is 2.22. The van der Waals surface area contributed by atoms with E-state index in [1.54, 1.807) is 36.7 Å². The Morgan fingerprint density at radius 1 is 1.23 bits per heavy atom. The first-order chi connectivity index (χ1) is 12.6. The van der Waals surface area contributed by atoms with Gasteiger partial charge >= 0.3 is 0 Å². The SMILES string of the molecule is COS(=O)(=O)CCCOc1ccc2nc(/C=C/c3cccnc3)oc2c1. The van der Waals surface area contributed by atoms with Gasteiger partial charge in [-0.05, 0) is 36.3 Å². The van der Waals surface area contributed by atoms with Gasteiger partial charge in [-0.25, -0.2) is 4.98 Å². The molecule has 0 radical (unpaired) electrons. The molecule has 2 aromatic heterocycles. The van der Waals surface area contributed by atoms with E-state index < -0.39 is 10.1 Å². The third kappa shape index (κ3) is 4.90. The van der Waals surface area contributed by atoms with Crippen LogP contribution in [0.3, 0.4) is 0 Å². The van der Waals surface area contributed by atoms with E-state index in [0.29, 0.717) is 29.2 Å². The number of hydrogen-bond acceptors (Lipinski definition) is 7. The number of fused-ring (bicyclic) bond motifs is 1. The van der Waals surface area contributed by atoms with Crippen molar-refractivity contribution in [1.29, 1.82) is 0 Å². The van der Waals surface area contributed by atoms with Gasteiger partial charge in [0.15, 0.2) is 5.58 Å². The Hall–Kier alpha value is -2.71. The molecular weight excluding hydrogens is 356 g/mol. The van der Waals surface area contributed by atoms with E-state index in [4.69, 9.17) is 9.15 Å². The van der Waals surface area contributed by atoms with Crippen LogP contribution in [0.25, 0.3) is 23.3 Å². The number of nitrogens with zero attached hydrogens (tertiary/aromatic N) is 2. The number of benzene rings is 1. The lowest BCUT2D eigenvalue weighted by Crippen LogP contribution is -2.11. The first kappa shape index (κ1) is 18.1. The summed E-state index contributed by atoms with van der Waals surface area (Å²) in [7, 11) is -2.31. The van der Waals surface area contributed by atoms with E-state index >= 15 is 0 Å². The van der Waals surface area contributed by atoms with Crippen LogP contribution in [-0.2, 0) is 14.3 Å². The number of rotatable bonds is 8. The normalized spacial score (nSPS) is 12.0. The molecule has 8 heteroatoms. The highest BCUT2D eigenvalue weighted by Gasteiger charge is 2.09. The summed E-state index contributed by atoms with van der Waals surface area (Å²) in [4.78, 5) is 8.43. The van der Waals surface area contributed by atoms with Gasteiger partial charge in [-0.15, -0.1) is 0 Å². The zero-order chi connectivity index (χ0) is 18.4. The van der Waals surface area contributed by atoms with Gasteiger partial charge in [-0.1, -0.05) is 6.07 Å². The summed E-state index contributed by atoms with van der Waals surface area (Å²) >= 11 is 0. The predicted molar refractivity (Wildman–Crippen MR) is 98.1 cm³/mol. The van der Waals surface area contributed by atoms with Crippen LogP contribution < -0.4 is 4.74 Å². The lowest BCUT2D eigenvalue weighted by molar-refractivity contribution is 0.314. The van der Waals surface area contributed by atoms with Crippen LogP contribution in [0.5, 0.6) is 5.75 Å². The fourth-order valence-corrected chi connectivity index (χ4v) is 2.87. The highest BCUT2D eigenvalue weighted by molar-refractivity contribution is 7.86. The van der Waals surface area contributed by atoms with Gasteiger partial charge in [-0.3, -0.25) is 9.17 Å². The van der Waals surface area contributed by atoms with Crippen molar-refractivity contribution >= 4 is 33.4 Å². The minimum Gasteiger partial charge on any atom is -0.493 e. The molecule has 0 aliphatic rings. The summed E-state index contributed by atoms with van der Waals surface area (Å²) in [5, 5.41) is 0. The van der Waals surface area contributed by atoms with Crippen molar-refractivity contribution in [3.63, 3.8) is 0 Å². The average molecular weight is 374 g/mol. The lowest BCUT2D eigenvalue weighted by atomic mass is 10.2. The number of ether oxygens (including phenoxy) is 1. The van der Waals surface area contributed by atoms with Crippen molar-refractivity contribution in [2.75, 3.05) is 19.5 Å². The Bertz CT molecular complexity index is 997. The van der Waals surface area contributed by atoms with E-state index in [1.165, 1.54) is 0 Å². The number of aromatic nitrogens is 2. The van der Waals surface area contributed by atoms with E-state index in [2.05, 4.69) is 14.2 Å². The molecule has 0 atom stereocenters. The highest BCUT2D eigenvalue weighted by atomic mass is 32.2. The zero-order valence-corrected chi connectivity index (χ0v) is 15.0. The molecule has 3 rings (SSSR count). The second-order valence-corrected chi connectivity index (χ2v) is 7.29. The van der Waals surface area contributed by atoms with Crippen molar-refractivity contribution in [2.24, 2.45) is 0 Å². The van der Waals surface area contributed by atoms with Crippen molar-refractivity contribution in [3.05, 3.63) is 54.2 Å². The van der Waals surface area contributed by atoms with Crippen LogP contribution in [0.2, 0.25) is 0 Å². The Balaban J connectivity index is 1.63. The third-order valence-corrected chi connectivity index (χ3v) is 4.84. The molecule has 0 bridgehead atoms. The zero-order valence-electron chi connectivity index (χ0n) is 14.2. The van der Waals surface area contributed by atoms with Crippen molar-refractivity contribution < 1.29 is 21.8 Å². The summed E-state index contributed by atoms with van der Waals surface area (Å²) in [5.41, 5.74) is 2.26. The topological polar surface area (TPSA) is 91.5 Å². The molecule has 0 N–H and O–H groups in total. The van der Waals surface area contributed by atoms with Crippen LogP contribution in [0.1, 0.15) is 17.9 Å². The fourth-order valence-electron chi connectivity index (χ4n) is 2.23. The van der Waals surface area contributed by atoms with Crippen LogP contribution in [-0.4, -0.2) is 37.9 Å².